The van der Waals surface area contributed by atoms with Gasteiger partial charge in [0.15, 0.2) is 0 Å². The number of carbonyl (C=O) groups is 4. The Kier molecular flexibility index (Phi) is 12.3. The smallest absolute Gasteiger partial charge is 0.407 e. The summed E-state index contributed by atoms with van der Waals surface area (Å²) in [6.07, 6.45) is 15.7. The van der Waals surface area contributed by atoms with E-state index in [-0.39, 0.29) is 44.2 Å². The maximum Gasteiger partial charge on any atom is 0.407 e. The summed E-state index contributed by atoms with van der Waals surface area (Å²) >= 11 is 0. The highest BCUT2D eigenvalue weighted by atomic mass is 16.7. The average molecular weight is 673 g/mol. The molecule has 1 aliphatic heterocycles. The molecule has 0 bridgehead atoms. The van der Waals surface area contributed by atoms with Gasteiger partial charge in [0.05, 0.1) is 19.8 Å². The van der Waals surface area contributed by atoms with Crippen molar-refractivity contribution < 1.29 is 38.2 Å². The molecule has 1 N–H and O–H groups in total. The molecule has 0 radical (unpaired) electrons. The summed E-state index contributed by atoms with van der Waals surface area (Å²) in [5, 5.41) is 3.28. The van der Waals surface area contributed by atoms with Gasteiger partial charge in [-0.1, -0.05) is 65.5 Å². The molecule has 5 aliphatic rings. The van der Waals surface area contributed by atoms with Crippen LogP contribution in [0.15, 0.2) is 11.6 Å². The van der Waals surface area contributed by atoms with Gasteiger partial charge < -0.3 is 24.4 Å². The van der Waals surface area contributed by atoms with Crippen molar-refractivity contribution in [3.63, 3.8) is 0 Å². The van der Waals surface area contributed by atoms with Gasteiger partial charge in [0.1, 0.15) is 12.7 Å². The Morgan fingerprint density at radius 2 is 1.69 bits per heavy atom. The number of nitrogens with one attached hydrogen (secondary N) is 1. The van der Waals surface area contributed by atoms with Crippen LogP contribution in [0, 0.1) is 46.3 Å². The van der Waals surface area contributed by atoms with Gasteiger partial charge in [0.2, 0.25) is 0 Å². The molecule has 0 aromatic carbocycles. The first kappa shape index (κ1) is 36.8. The molecule has 0 spiro atoms. The van der Waals surface area contributed by atoms with Crippen molar-refractivity contribution >= 4 is 23.9 Å². The summed E-state index contributed by atoms with van der Waals surface area (Å²) in [5.74, 6) is 2.98. The molecule has 0 aromatic rings. The number of imide groups is 1. The predicted octanol–water partition coefficient (Wildman–Crippen LogP) is 6.76. The summed E-state index contributed by atoms with van der Waals surface area (Å²) in [5.41, 5.74) is 2.22. The second-order valence-corrected chi connectivity index (χ2v) is 16.2. The van der Waals surface area contributed by atoms with Gasteiger partial charge in [-0.2, -0.15) is 0 Å². The molecule has 3 saturated carbocycles. The van der Waals surface area contributed by atoms with Gasteiger partial charge in [0, 0.05) is 25.8 Å². The maximum atomic E-state index is 12.6. The molecule has 48 heavy (non-hydrogen) atoms. The highest BCUT2D eigenvalue weighted by Gasteiger charge is 2.59. The van der Waals surface area contributed by atoms with Crippen molar-refractivity contribution in [2.24, 2.45) is 46.3 Å². The third-order valence-corrected chi connectivity index (χ3v) is 12.8. The molecule has 3 amide bonds. The lowest BCUT2D eigenvalue weighted by Gasteiger charge is -2.58. The number of carbonyl (C=O) groups excluding carboxylic acids is 4. The summed E-state index contributed by atoms with van der Waals surface area (Å²) in [4.78, 5) is 52.1. The number of allylic oxidation sites excluding steroid dienone is 1. The van der Waals surface area contributed by atoms with E-state index in [0.29, 0.717) is 17.0 Å². The monoisotopic (exact) mass is 672 g/mol. The molecule has 5 unspecified atom stereocenters. The second kappa shape index (κ2) is 16.0. The minimum absolute atomic E-state index is 0.0419. The highest BCUT2D eigenvalue weighted by molar-refractivity contribution is 6.01. The van der Waals surface area contributed by atoms with Crippen LogP contribution in [0.3, 0.4) is 0 Å². The summed E-state index contributed by atoms with van der Waals surface area (Å²) in [6, 6.07) is 0. The van der Waals surface area contributed by atoms with Crippen LogP contribution >= 0.6 is 0 Å². The first-order valence-corrected chi connectivity index (χ1v) is 18.8. The van der Waals surface area contributed by atoms with E-state index in [2.05, 4.69) is 46.0 Å². The number of rotatable bonds is 15. The molecule has 1 heterocycles. The van der Waals surface area contributed by atoms with Crippen LogP contribution < -0.4 is 5.32 Å². The van der Waals surface area contributed by atoms with Gasteiger partial charge in [-0.15, -0.1) is 5.06 Å². The van der Waals surface area contributed by atoms with Crippen molar-refractivity contribution in [3.8, 4) is 0 Å². The zero-order chi connectivity index (χ0) is 34.5. The Balaban J connectivity index is 0.989. The number of nitrogens with zero attached hydrogens (tertiary/aromatic N) is 1. The van der Waals surface area contributed by atoms with E-state index in [1.54, 1.807) is 0 Å². The lowest BCUT2D eigenvalue weighted by Crippen LogP contribution is -2.51. The molecule has 10 heteroatoms. The minimum atomic E-state index is -0.823. The van der Waals surface area contributed by atoms with Gasteiger partial charge >= 0.3 is 12.1 Å². The lowest BCUT2D eigenvalue weighted by molar-refractivity contribution is -0.200. The Morgan fingerprint density at radius 3 is 2.44 bits per heavy atom. The normalized spacial score (nSPS) is 33.5. The standard InChI is InChI=1S/C38H60N2O8/c1-25(2)7-6-8-26(3)30-11-12-31-29-10-9-27-23-28(15-17-37(27,4)32(29)16-18-38(30,31)5)47-36(44)39-19-20-45-21-22-46-24-35(43)48-40-33(41)13-14-34(40)42/h9,25-26,28-32H,6-8,10-24H2,1-5H3,(H,39,44)/t26?,28-,29?,30?,31?,32?,37-,38+/m0/s1. The average Bonchev–Trinajstić information content (AvgIpc) is 3.56. The third-order valence-electron chi connectivity index (χ3n) is 12.8. The minimum Gasteiger partial charge on any atom is -0.446 e. The van der Waals surface area contributed by atoms with Gasteiger partial charge in [-0.3, -0.25) is 9.59 Å². The molecule has 8 atom stereocenters. The largest absolute Gasteiger partial charge is 0.446 e. The maximum absolute atomic E-state index is 12.6. The molecule has 4 aliphatic carbocycles. The first-order valence-electron chi connectivity index (χ1n) is 18.8. The van der Waals surface area contributed by atoms with Gasteiger partial charge in [0.25, 0.3) is 11.8 Å². The van der Waals surface area contributed by atoms with Crippen LogP contribution in [-0.2, 0) is 33.4 Å². The summed E-state index contributed by atoms with van der Waals surface area (Å²) in [7, 11) is 0. The second-order valence-electron chi connectivity index (χ2n) is 16.2. The number of fused-ring (bicyclic) bond motifs is 5. The number of hydrogen-bond donors (Lipinski definition) is 1. The molecule has 5 rings (SSSR count). The van der Waals surface area contributed by atoms with Crippen LogP contribution in [0.4, 0.5) is 4.79 Å². The zero-order valence-electron chi connectivity index (χ0n) is 30.1. The van der Waals surface area contributed by atoms with E-state index in [9.17, 15) is 19.2 Å². The molecular formula is C38H60N2O8. The van der Waals surface area contributed by atoms with Gasteiger partial charge in [-0.05, 0) is 91.3 Å². The van der Waals surface area contributed by atoms with E-state index in [0.717, 1.165) is 54.8 Å². The van der Waals surface area contributed by atoms with E-state index >= 15 is 0 Å². The fourth-order valence-electron chi connectivity index (χ4n) is 10.3. The topological polar surface area (TPSA) is 120 Å². The predicted molar refractivity (Wildman–Crippen MR) is 180 cm³/mol. The van der Waals surface area contributed by atoms with Crippen molar-refractivity contribution in [3.05, 3.63) is 11.6 Å². The lowest BCUT2D eigenvalue weighted by atomic mass is 9.47. The highest BCUT2D eigenvalue weighted by Crippen LogP contribution is 2.67. The van der Waals surface area contributed by atoms with Crippen LogP contribution in [0.25, 0.3) is 0 Å². The quantitative estimate of drug-likeness (QED) is 0.115. The van der Waals surface area contributed by atoms with E-state index in [4.69, 9.17) is 19.0 Å². The van der Waals surface area contributed by atoms with Crippen molar-refractivity contribution in [2.45, 2.75) is 124 Å². The third kappa shape index (κ3) is 8.28. The SMILES string of the molecule is CC(C)CCCC(C)C1CCC2C3CC=C4C[C@@H](OC(=O)NCCOCCOCC(=O)ON5C(=O)CCC5=O)CC[C@]4(C)C3CC[C@]12C. The number of ether oxygens (including phenoxy) is 3. The fraction of sp³-hybridized carbons (Fsp3) is 0.842. The Hall–Kier alpha value is -2.46. The molecule has 1 saturated heterocycles. The van der Waals surface area contributed by atoms with Crippen LogP contribution in [0.2, 0.25) is 0 Å². The van der Waals surface area contributed by atoms with E-state index in [1.807, 2.05) is 0 Å². The number of hydrogen-bond acceptors (Lipinski definition) is 8. The molecule has 0 aromatic heterocycles. The van der Waals surface area contributed by atoms with Crippen LogP contribution in [-0.4, -0.2) is 68.0 Å². The first-order chi connectivity index (χ1) is 22.9. The molecule has 4 fully saturated rings. The van der Waals surface area contributed by atoms with Crippen molar-refractivity contribution in [1.29, 1.82) is 0 Å². The van der Waals surface area contributed by atoms with Crippen molar-refractivity contribution in [2.75, 3.05) is 33.0 Å². The zero-order valence-corrected chi connectivity index (χ0v) is 30.1. The Labute approximate surface area is 287 Å². The van der Waals surface area contributed by atoms with E-state index in [1.165, 1.54) is 56.9 Å². The summed E-state index contributed by atoms with van der Waals surface area (Å²) < 4.78 is 16.5. The van der Waals surface area contributed by atoms with E-state index < -0.39 is 30.5 Å². The van der Waals surface area contributed by atoms with Crippen LogP contribution in [0.1, 0.15) is 118 Å². The molecule has 270 valence electrons. The van der Waals surface area contributed by atoms with Crippen molar-refractivity contribution in [1.82, 2.24) is 10.4 Å². The Morgan fingerprint density at radius 1 is 0.938 bits per heavy atom. The fourth-order valence-corrected chi connectivity index (χ4v) is 10.3. The number of hydroxylamine groups is 2. The Bertz CT molecular complexity index is 1190. The summed E-state index contributed by atoms with van der Waals surface area (Å²) in [6.45, 7) is 12.9. The van der Waals surface area contributed by atoms with Crippen LogP contribution in [0.5, 0.6) is 0 Å². The molecule has 10 nitrogen and oxygen atoms in total. The molecular weight excluding hydrogens is 612 g/mol. The number of amides is 3. The van der Waals surface area contributed by atoms with Gasteiger partial charge in [-0.25, -0.2) is 9.59 Å². The number of alkyl carbamates (subject to hydrolysis) is 1.